The van der Waals surface area contributed by atoms with E-state index < -0.39 is 12.0 Å². The van der Waals surface area contributed by atoms with Crippen LogP contribution in [0.15, 0.2) is 30.3 Å². The summed E-state index contributed by atoms with van der Waals surface area (Å²) in [5, 5.41) is 12.5. The summed E-state index contributed by atoms with van der Waals surface area (Å²) in [6, 6.07) is 9.49. The van der Waals surface area contributed by atoms with Crippen molar-refractivity contribution >= 4 is 5.97 Å². The normalized spacial score (nSPS) is 14.9. The van der Waals surface area contributed by atoms with E-state index in [1.165, 1.54) is 0 Å². The number of hydrogen-bond donors (Lipinski definition) is 2. The molecule has 0 fully saturated rings. The predicted molar refractivity (Wildman–Crippen MR) is 78.1 cm³/mol. The van der Waals surface area contributed by atoms with Gasteiger partial charge in [-0.2, -0.15) is 0 Å². The van der Waals surface area contributed by atoms with Crippen LogP contribution in [0.4, 0.5) is 0 Å². The number of nitrogens with one attached hydrogen (secondary N) is 1. The summed E-state index contributed by atoms with van der Waals surface area (Å²) in [4.78, 5) is 11.3. The average Bonchev–Trinajstić information content (AvgIpc) is 2.33. The smallest absolute Gasteiger partial charge is 0.320 e. The predicted octanol–water partition coefficient (Wildman–Crippen LogP) is 3.62. The average molecular weight is 263 g/mol. The van der Waals surface area contributed by atoms with E-state index in [0.717, 1.165) is 12.0 Å². The van der Waals surface area contributed by atoms with E-state index in [2.05, 4.69) is 26.1 Å². The molecule has 1 aromatic carbocycles. The molecule has 0 saturated carbocycles. The summed E-state index contributed by atoms with van der Waals surface area (Å²) in [6.45, 7) is 8.40. The van der Waals surface area contributed by atoms with Crippen LogP contribution in [0.1, 0.15) is 52.1 Å². The first-order chi connectivity index (χ1) is 8.79. The summed E-state index contributed by atoms with van der Waals surface area (Å²) in [6.07, 6.45) is 1.54. The number of hydrogen-bond acceptors (Lipinski definition) is 2. The molecule has 2 atom stereocenters. The molecule has 0 saturated heterocycles. The first-order valence-corrected chi connectivity index (χ1v) is 6.83. The van der Waals surface area contributed by atoms with Gasteiger partial charge in [-0.1, -0.05) is 51.1 Å². The van der Waals surface area contributed by atoms with Crippen LogP contribution in [0.5, 0.6) is 0 Å². The quantitative estimate of drug-likeness (QED) is 0.824. The molecule has 0 aliphatic carbocycles. The van der Waals surface area contributed by atoms with E-state index in [1.807, 2.05) is 37.3 Å². The van der Waals surface area contributed by atoms with E-state index in [9.17, 15) is 9.90 Å². The molecule has 3 heteroatoms. The van der Waals surface area contributed by atoms with Crippen LogP contribution in [-0.4, -0.2) is 17.1 Å². The molecule has 1 aromatic rings. The van der Waals surface area contributed by atoms with Crippen molar-refractivity contribution in [3.63, 3.8) is 0 Å². The molecule has 0 aliphatic heterocycles. The first kappa shape index (κ1) is 15.7. The molecule has 106 valence electrons. The van der Waals surface area contributed by atoms with Crippen molar-refractivity contribution < 1.29 is 9.90 Å². The Balaban J connectivity index is 2.61. The maximum absolute atomic E-state index is 11.3. The van der Waals surface area contributed by atoms with Gasteiger partial charge in [0.1, 0.15) is 6.04 Å². The van der Waals surface area contributed by atoms with Crippen molar-refractivity contribution in [2.45, 2.75) is 52.6 Å². The molecule has 3 nitrogen and oxygen atoms in total. The van der Waals surface area contributed by atoms with Gasteiger partial charge >= 0.3 is 5.97 Å². The number of carbonyl (C=O) groups is 1. The molecule has 0 aliphatic rings. The molecule has 0 radical (unpaired) electrons. The van der Waals surface area contributed by atoms with Crippen molar-refractivity contribution in [1.29, 1.82) is 0 Å². The number of aliphatic carboxylic acids is 1. The molecule has 19 heavy (non-hydrogen) atoms. The van der Waals surface area contributed by atoms with E-state index in [0.29, 0.717) is 6.42 Å². The minimum Gasteiger partial charge on any atom is -0.480 e. The van der Waals surface area contributed by atoms with Crippen molar-refractivity contribution in [2.75, 3.05) is 0 Å². The van der Waals surface area contributed by atoms with Crippen LogP contribution in [0, 0.1) is 5.41 Å². The van der Waals surface area contributed by atoms with Crippen LogP contribution in [0.25, 0.3) is 0 Å². The highest BCUT2D eigenvalue weighted by Crippen LogP contribution is 2.22. The minimum absolute atomic E-state index is 0.0438. The first-order valence-electron chi connectivity index (χ1n) is 6.83. The van der Waals surface area contributed by atoms with Gasteiger partial charge < -0.3 is 5.11 Å². The van der Waals surface area contributed by atoms with Gasteiger partial charge in [0.15, 0.2) is 0 Å². The fourth-order valence-corrected chi connectivity index (χ4v) is 2.00. The Morgan fingerprint density at radius 3 is 2.32 bits per heavy atom. The van der Waals surface area contributed by atoms with E-state index in [1.54, 1.807) is 0 Å². The molecule has 0 aromatic heterocycles. The molecule has 0 amide bonds. The van der Waals surface area contributed by atoms with Gasteiger partial charge in [0, 0.05) is 6.04 Å². The van der Waals surface area contributed by atoms with Crippen molar-refractivity contribution in [1.82, 2.24) is 5.32 Å². The number of carboxylic acids is 1. The molecule has 0 unspecified atom stereocenters. The number of rotatable bonds is 6. The number of benzene rings is 1. The van der Waals surface area contributed by atoms with Crippen LogP contribution < -0.4 is 5.32 Å². The molecule has 2 N–H and O–H groups in total. The van der Waals surface area contributed by atoms with Crippen LogP contribution in [0.2, 0.25) is 0 Å². The SMILES string of the molecule is C[C@@H](N[C@@H](CCC(C)(C)C)C(=O)O)c1ccccc1. The van der Waals surface area contributed by atoms with Crippen LogP contribution in [0.3, 0.4) is 0 Å². The standard InChI is InChI=1S/C16H25NO2/c1-12(13-8-6-5-7-9-13)17-14(15(18)19)10-11-16(2,3)4/h5-9,12,14,17H,10-11H2,1-4H3,(H,18,19)/t12-,14+/m1/s1. The van der Waals surface area contributed by atoms with Gasteiger partial charge in [-0.25, -0.2) is 0 Å². The van der Waals surface area contributed by atoms with Crippen LogP contribution >= 0.6 is 0 Å². The molecular formula is C16H25NO2. The molecular weight excluding hydrogens is 238 g/mol. The third kappa shape index (κ3) is 5.88. The highest BCUT2D eigenvalue weighted by Gasteiger charge is 2.22. The lowest BCUT2D eigenvalue weighted by Gasteiger charge is -2.24. The Morgan fingerprint density at radius 1 is 1.26 bits per heavy atom. The maximum Gasteiger partial charge on any atom is 0.320 e. The van der Waals surface area contributed by atoms with Gasteiger partial charge in [0.25, 0.3) is 0 Å². The Morgan fingerprint density at radius 2 is 1.84 bits per heavy atom. The van der Waals surface area contributed by atoms with Crippen LogP contribution in [-0.2, 0) is 4.79 Å². The van der Waals surface area contributed by atoms with Gasteiger partial charge in [0.2, 0.25) is 0 Å². The second-order valence-corrected chi connectivity index (χ2v) is 6.29. The molecule has 1 rings (SSSR count). The molecule has 0 heterocycles. The second-order valence-electron chi connectivity index (χ2n) is 6.29. The summed E-state index contributed by atoms with van der Waals surface area (Å²) < 4.78 is 0. The second kappa shape index (κ2) is 6.71. The summed E-state index contributed by atoms with van der Waals surface area (Å²) in [7, 11) is 0. The van der Waals surface area contributed by atoms with Crippen molar-refractivity contribution in [3.05, 3.63) is 35.9 Å². The zero-order chi connectivity index (χ0) is 14.5. The Bertz CT molecular complexity index is 395. The maximum atomic E-state index is 11.3. The van der Waals surface area contributed by atoms with Gasteiger partial charge in [-0.3, -0.25) is 10.1 Å². The van der Waals surface area contributed by atoms with Gasteiger partial charge in [0.05, 0.1) is 0 Å². The Hall–Kier alpha value is -1.35. The fourth-order valence-electron chi connectivity index (χ4n) is 2.00. The van der Waals surface area contributed by atoms with Crippen molar-refractivity contribution in [3.8, 4) is 0 Å². The van der Waals surface area contributed by atoms with Gasteiger partial charge in [-0.05, 0) is 30.7 Å². The molecule has 0 bridgehead atoms. The minimum atomic E-state index is -0.771. The Labute approximate surface area is 116 Å². The number of carboxylic acid groups (broad SMARTS) is 1. The fraction of sp³-hybridized carbons (Fsp3) is 0.562. The summed E-state index contributed by atoms with van der Waals surface area (Å²) in [5.74, 6) is -0.771. The zero-order valence-corrected chi connectivity index (χ0v) is 12.3. The third-order valence-electron chi connectivity index (χ3n) is 3.23. The lowest BCUT2D eigenvalue weighted by Crippen LogP contribution is -2.38. The summed E-state index contributed by atoms with van der Waals surface area (Å²) in [5.41, 5.74) is 1.27. The highest BCUT2D eigenvalue weighted by molar-refractivity contribution is 5.73. The van der Waals surface area contributed by atoms with E-state index in [4.69, 9.17) is 0 Å². The van der Waals surface area contributed by atoms with Gasteiger partial charge in [-0.15, -0.1) is 0 Å². The Kier molecular flexibility index (Phi) is 5.55. The van der Waals surface area contributed by atoms with E-state index >= 15 is 0 Å². The third-order valence-corrected chi connectivity index (χ3v) is 3.23. The lowest BCUT2D eigenvalue weighted by atomic mass is 9.88. The summed E-state index contributed by atoms with van der Waals surface area (Å²) >= 11 is 0. The topological polar surface area (TPSA) is 49.3 Å². The largest absolute Gasteiger partial charge is 0.480 e. The highest BCUT2D eigenvalue weighted by atomic mass is 16.4. The van der Waals surface area contributed by atoms with E-state index in [-0.39, 0.29) is 11.5 Å². The molecule has 0 spiro atoms. The monoisotopic (exact) mass is 263 g/mol. The zero-order valence-electron chi connectivity index (χ0n) is 12.3. The van der Waals surface area contributed by atoms with Crippen molar-refractivity contribution in [2.24, 2.45) is 5.41 Å². The lowest BCUT2D eigenvalue weighted by molar-refractivity contribution is -0.140.